The Morgan fingerprint density at radius 1 is 1.67 bits per heavy atom. The van der Waals surface area contributed by atoms with E-state index in [0.29, 0.717) is 6.54 Å². The van der Waals surface area contributed by atoms with E-state index in [2.05, 4.69) is 9.97 Å². The van der Waals surface area contributed by atoms with Crippen molar-refractivity contribution in [2.75, 3.05) is 18.9 Å². The number of carbonyl (C=O) groups is 1. The second kappa shape index (κ2) is 5.26. The van der Waals surface area contributed by atoms with Crippen LogP contribution in [-0.2, 0) is 0 Å². The van der Waals surface area contributed by atoms with Gasteiger partial charge >= 0.3 is 6.09 Å². The zero-order valence-electron chi connectivity index (χ0n) is 9.54. The Kier molecular flexibility index (Phi) is 3.71. The summed E-state index contributed by atoms with van der Waals surface area (Å²) in [6.45, 7) is 0.724. The summed E-state index contributed by atoms with van der Waals surface area (Å²) < 4.78 is 5.44. The molecule has 1 aromatic rings. The molecule has 98 valence electrons. The Morgan fingerprint density at radius 3 is 3.11 bits per heavy atom. The minimum Gasteiger partial charge on any atom is -0.485 e. The molecule has 18 heavy (non-hydrogen) atoms. The second-order valence-electron chi connectivity index (χ2n) is 3.96. The van der Waals surface area contributed by atoms with Crippen LogP contribution in [0.15, 0.2) is 6.33 Å². The lowest BCUT2D eigenvalue weighted by Gasteiger charge is -2.21. The number of nitrogens with two attached hydrogens (primary N) is 1. The molecule has 2 heterocycles. The molecule has 1 fully saturated rings. The molecule has 1 saturated heterocycles. The van der Waals surface area contributed by atoms with E-state index >= 15 is 0 Å². The Labute approximate surface area is 109 Å². The van der Waals surface area contributed by atoms with E-state index in [0.717, 1.165) is 12.8 Å². The number of nitrogens with zero attached hydrogens (tertiary/aromatic N) is 3. The predicted molar refractivity (Wildman–Crippen MR) is 64.7 cm³/mol. The van der Waals surface area contributed by atoms with Crippen LogP contribution in [-0.4, -0.2) is 45.3 Å². The van der Waals surface area contributed by atoms with E-state index in [4.69, 9.17) is 27.2 Å². The standard InChI is InChI=1S/C10H13ClN4O3/c11-8-7(9(12)14-5-13-8)18-4-6-2-1-3-15(6)10(16)17/h5-6H,1-4H2,(H,16,17)(H2,12,13,14). The summed E-state index contributed by atoms with van der Waals surface area (Å²) in [5.41, 5.74) is 5.61. The lowest BCUT2D eigenvalue weighted by Crippen LogP contribution is -2.38. The van der Waals surface area contributed by atoms with Gasteiger partial charge in [-0.3, -0.25) is 0 Å². The number of hydrogen-bond donors (Lipinski definition) is 2. The smallest absolute Gasteiger partial charge is 0.407 e. The lowest BCUT2D eigenvalue weighted by molar-refractivity contribution is 0.123. The van der Waals surface area contributed by atoms with E-state index in [9.17, 15) is 4.79 Å². The van der Waals surface area contributed by atoms with E-state index in [1.807, 2.05) is 0 Å². The van der Waals surface area contributed by atoms with Crippen LogP contribution in [0.3, 0.4) is 0 Å². The number of nitrogen functional groups attached to an aromatic ring is 1. The van der Waals surface area contributed by atoms with Crippen molar-refractivity contribution < 1.29 is 14.6 Å². The molecular weight excluding hydrogens is 260 g/mol. The van der Waals surface area contributed by atoms with Gasteiger partial charge in [-0.15, -0.1) is 0 Å². The van der Waals surface area contributed by atoms with Gasteiger partial charge in [0.25, 0.3) is 0 Å². The van der Waals surface area contributed by atoms with Crippen molar-refractivity contribution in [3.63, 3.8) is 0 Å². The number of hydrogen-bond acceptors (Lipinski definition) is 5. The third kappa shape index (κ3) is 2.56. The first-order valence-electron chi connectivity index (χ1n) is 5.48. The minimum absolute atomic E-state index is 0.127. The van der Waals surface area contributed by atoms with Crippen molar-refractivity contribution in [3.8, 4) is 5.75 Å². The molecule has 1 atom stereocenters. The quantitative estimate of drug-likeness (QED) is 0.803. The molecule has 0 bridgehead atoms. The van der Waals surface area contributed by atoms with Crippen molar-refractivity contribution in [1.29, 1.82) is 0 Å². The van der Waals surface area contributed by atoms with E-state index in [1.165, 1.54) is 11.2 Å². The van der Waals surface area contributed by atoms with Gasteiger partial charge in [-0.2, -0.15) is 0 Å². The van der Waals surface area contributed by atoms with Crippen molar-refractivity contribution in [1.82, 2.24) is 14.9 Å². The fourth-order valence-corrected chi connectivity index (χ4v) is 2.13. The summed E-state index contributed by atoms with van der Waals surface area (Å²) in [4.78, 5) is 19.8. The van der Waals surface area contributed by atoms with Crippen molar-refractivity contribution in [2.24, 2.45) is 0 Å². The molecule has 0 saturated carbocycles. The van der Waals surface area contributed by atoms with Crippen molar-refractivity contribution in [2.45, 2.75) is 18.9 Å². The number of amides is 1. The Bertz CT molecular complexity index is 436. The fourth-order valence-electron chi connectivity index (χ4n) is 1.94. The monoisotopic (exact) mass is 272 g/mol. The molecule has 3 N–H and O–H groups in total. The summed E-state index contributed by atoms with van der Waals surface area (Å²) in [5.74, 6) is 0.353. The highest BCUT2D eigenvalue weighted by Gasteiger charge is 2.29. The summed E-state index contributed by atoms with van der Waals surface area (Å²) in [5, 5.41) is 9.11. The van der Waals surface area contributed by atoms with Crippen LogP contribution in [0.5, 0.6) is 5.75 Å². The van der Waals surface area contributed by atoms with Crippen molar-refractivity contribution >= 4 is 23.5 Å². The molecular formula is C10H13ClN4O3. The van der Waals surface area contributed by atoms with Gasteiger partial charge in [-0.05, 0) is 12.8 Å². The molecule has 1 aromatic heterocycles. The van der Waals surface area contributed by atoms with Crippen molar-refractivity contribution in [3.05, 3.63) is 11.5 Å². The minimum atomic E-state index is -0.940. The molecule has 1 aliphatic rings. The van der Waals surface area contributed by atoms with Gasteiger partial charge in [-0.1, -0.05) is 11.6 Å². The molecule has 2 rings (SSSR count). The Morgan fingerprint density at radius 2 is 2.44 bits per heavy atom. The number of likely N-dealkylation sites (tertiary alicyclic amines) is 1. The summed E-state index contributed by atoms with van der Waals surface area (Å²) in [7, 11) is 0. The van der Waals surface area contributed by atoms with Gasteiger partial charge in [-0.25, -0.2) is 14.8 Å². The topological polar surface area (TPSA) is 102 Å². The molecule has 7 nitrogen and oxygen atoms in total. The number of rotatable bonds is 3. The zero-order valence-corrected chi connectivity index (χ0v) is 10.3. The van der Waals surface area contributed by atoms with E-state index in [-0.39, 0.29) is 29.4 Å². The summed E-state index contributed by atoms with van der Waals surface area (Å²) in [6.07, 6.45) is 1.89. The maximum absolute atomic E-state index is 11.0. The predicted octanol–water partition coefficient (Wildman–Crippen LogP) is 1.23. The highest BCUT2D eigenvalue weighted by atomic mass is 35.5. The SMILES string of the molecule is Nc1ncnc(Cl)c1OCC1CCCN1C(=O)O. The molecule has 0 aliphatic carbocycles. The third-order valence-electron chi connectivity index (χ3n) is 2.83. The van der Waals surface area contributed by atoms with Gasteiger partial charge in [0.2, 0.25) is 0 Å². The molecule has 1 amide bonds. The zero-order chi connectivity index (χ0) is 13.1. The van der Waals surface area contributed by atoms with Crippen LogP contribution in [0.25, 0.3) is 0 Å². The summed E-state index contributed by atoms with van der Waals surface area (Å²) in [6, 6.07) is -0.182. The van der Waals surface area contributed by atoms with Gasteiger partial charge in [0, 0.05) is 6.54 Å². The van der Waals surface area contributed by atoms with E-state index < -0.39 is 6.09 Å². The molecule has 0 aromatic carbocycles. The normalized spacial score (nSPS) is 18.9. The third-order valence-corrected chi connectivity index (χ3v) is 3.10. The molecule has 0 radical (unpaired) electrons. The molecule has 0 spiro atoms. The number of carboxylic acid groups (broad SMARTS) is 1. The van der Waals surface area contributed by atoms with Gasteiger partial charge in [0.05, 0.1) is 6.04 Å². The van der Waals surface area contributed by atoms with Crippen LogP contribution in [0.1, 0.15) is 12.8 Å². The lowest BCUT2D eigenvalue weighted by atomic mass is 10.2. The highest BCUT2D eigenvalue weighted by Crippen LogP contribution is 2.27. The fraction of sp³-hybridized carbons (Fsp3) is 0.500. The molecule has 8 heteroatoms. The number of aromatic nitrogens is 2. The first-order valence-corrected chi connectivity index (χ1v) is 5.85. The maximum atomic E-state index is 11.0. The van der Waals surface area contributed by atoms with Gasteiger partial charge in [0.15, 0.2) is 16.7 Å². The Hall–Kier alpha value is -1.76. The first-order chi connectivity index (χ1) is 8.59. The van der Waals surface area contributed by atoms with Crippen LogP contribution >= 0.6 is 11.6 Å². The van der Waals surface area contributed by atoms with Crippen LogP contribution in [0.4, 0.5) is 10.6 Å². The number of halogens is 1. The largest absolute Gasteiger partial charge is 0.485 e. The molecule has 1 aliphatic heterocycles. The average molecular weight is 273 g/mol. The maximum Gasteiger partial charge on any atom is 0.407 e. The van der Waals surface area contributed by atoms with Crippen LogP contribution in [0.2, 0.25) is 5.15 Å². The summed E-state index contributed by atoms with van der Waals surface area (Å²) >= 11 is 5.83. The molecule has 1 unspecified atom stereocenters. The van der Waals surface area contributed by atoms with Crippen LogP contribution in [0, 0.1) is 0 Å². The Balaban J connectivity index is 2.01. The first kappa shape index (κ1) is 12.7. The highest BCUT2D eigenvalue weighted by molar-refractivity contribution is 6.31. The second-order valence-corrected chi connectivity index (χ2v) is 4.32. The number of anilines is 1. The van der Waals surface area contributed by atoms with Gasteiger partial charge in [0.1, 0.15) is 12.9 Å². The number of ether oxygens (including phenoxy) is 1. The van der Waals surface area contributed by atoms with Crippen LogP contribution < -0.4 is 10.5 Å². The average Bonchev–Trinajstić information content (AvgIpc) is 2.76. The van der Waals surface area contributed by atoms with Gasteiger partial charge < -0.3 is 20.5 Å². The van der Waals surface area contributed by atoms with E-state index in [1.54, 1.807) is 0 Å².